The van der Waals surface area contributed by atoms with Gasteiger partial charge in [0.2, 0.25) is 5.78 Å². The molecule has 0 spiro atoms. The Bertz CT molecular complexity index is 1030. The molecule has 0 aliphatic carbocycles. The molecule has 8 heteroatoms. The molecular formula is C17H11ClN2O5. The Labute approximate surface area is 146 Å². The molecule has 0 atom stereocenters. The van der Waals surface area contributed by atoms with Crippen molar-refractivity contribution >= 4 is 39.9 Å². The van der Waals surface area contributed by atoms with E-state index in [1.807, 2.05) is 0 Å². The van der Waals surface area contributed by atoms with Gasteiger partial charge in [0.1, 0.15) is 11.3 Å². The number of hydrogen-bond donors (Lipinski definition) is 1. The van der Waals surface area contributed by atoms with Gasteiger partial charge in [0.25, 0.3) is 5.69 Å². The molecule has 0 saturated heterocycles. The standard InChI is InChI=1S/C17H11ClN2O5/c1-9(21)25-17-11-7-6-10(18)8-13(11)19-15(17)16(22)12-4-2-3-5-14(12)20(23)24/h2-8,19H,1H3. The lowest BCUT2D eigenvalue weighted by molar-refractivity contribution is -0.385. The molecule has 25 heavy (non-hydrogen) atoms. The van der Waals surface area contributed by atoms with Gasteiger partial charge in [0.05, 0.1) is 10.4 Å². The van der Waals surface area contributed by atoms with E-state index in [0.717, 1.165) is 0 Å². The van der Waals surface area contributed by atoms with Gasteiger partial charge in [-0.3, -0.25) is 19.7 Å². The van der Waals surface area contributed by atoms with Crippen molar-refractivity contribution < 1.29 is 19.2 Å². The van der Waals surface area contributed by atoms with Crippen molar-refractivity contribution in [1.29, 1.82) is 0 Å². The molecule has 0 bridgehead atoms. The van der Waals surface area contributed by atoms with Crippen LogP contribution in [0, 0.1) is 10.1 Å². The highest BCUT2D eigenvalue weighted by Crippen LogP contribution is 2.34. The van der Waals surface area contributed by atoms with Gasteiger partial charge >= 0.3 is 5.97 Å². The molecule has 0 unspecified atom stereocenters. The smallest absolute Gasteiger partial charge is 0.308 e. The normalized spacial score (nSPS) is 10.6. The number of nitro groups is 1. The van der Waals surface area contributed by atoms with E-state index >= 15 is 0 Å². The first kappa shape index (κ1) is 16.7. The van der Waals surface area contributed by atoms with Gasteiger partial charge in [-0.15, -0.1) is 0 Å². The minimum atomic E-state index is -0.657. The fraction of sp³-hybridized carbons (Fsp3) is 0.0588. The predicted molar refractivity (Wildman–Crippen MR) is 91.1 cm³/mol. The summed E-state index contributed by atoms with van der Waals surface area (Å²) in [5, 5.41) is 12.1. The van der Waals surface area contributed by atoms with Crippen molar-refractivity contribution in [3.8, 4) is 5.75 Å². The van der Waals surface area contributed by atoms with E-state index in [1.165, 1.54) is 31.2 Å². The van der Waals surface area contributed by atoms with Gasteiger partial charge in [-0.1, -0.05) is 23.7 Å². The van der Waals surface area contributed by atoms with Crippen molar-refractivity contribution in [1.82, 2.24) is 4.98 Å². The third kappa shape index (κ3) is 3.09. The Morgan fingerprint density at radius 2 is 1.92 bits per heavy atom. The van der Waals surface area contributed by atoms with Gasteiger partial charge in [-0.05, 0) is 24.3 Å². The molecule has 0 aliphatic rings. The van der Waals surface area contributed by atoms with E-state index in [0.29, 0.717) is 15.9 Å². The first-order valence-electron chi connectivity index (χ1n) is 7.16. The lowest BCUT2D eigenvalue weighted by atomic mass is 10.1. The van der Waals surface area contributed by atoms with Crippen molar-refractivity contribution in [2.75, 3.05) is 0 Å². The van der Waals surface area contributed by atoms with E-state index in [2.05, 4.69) is 4.98 Å². The molecule has 3 aromatic rings. The average Bonchev–Trinajstić information content (AvgIpc) is 2.91. The molecule has 0 amide bonds. The third-order valence-electron chi connectivity index (χ3n) is 3.53. The molecule has 2 aromatic carbocycles. The molecule has 0 radical (unpaired) electrons. The number of rotatable bonds is 4. The molecule has 7 nitrogen and oxygen atoms in total. The van der Waals surface area contributed by atoms with Gasteiger partial charge in [-0.2, -0.15) is 0 Å². The minimum Gasteiger partial charge on any atom is -0.424 e. The third-order valence-corrected chi connectivity index (χ3v) is 3.77. The summed E-state index contributed by atoms with van der Waals surface area (Å²) in [4.78, 5) is 37.7. The van der Waals surface area contributed by atoms with Gasteiger partial charge in [-0.25, -0.2) is 0 Å². The fourth-order valence-corrected chi connectivity index (χ4v) is 2.69. The van der Waals surface area contributed by atoms with Gasteiger partial charge in [0.15, 0.2) is 5.75 Å². The van der Waals surface area contributed by atoms with Crippen LogP contribution < -0.4 is 4.74 Å². The van der Waals surface area contributed by atoms with Crippen LogP contribution in [0.15, 0.2) is 42.5 Å². The summed E-state index contributed by atoms with van der Waals surface area (Å²) in [7, 11) is 0. The number of nitrogens with zero attached hydrogens (tertiary/aromatic N) is 1. The molecule has 3 rings (SSSR count). The second kappa shape index (κ2) is 6.37. The second-order valence-electron chi connectivity index (χ2n) is 5.22. The summed E-state index contributed by atoms with van der Waals surface area (Å²) in [5.74, 6) is -1.26. The average molecular weight is 359 g/mol. The zero-order chi connectivity index (χ0) is 18.1. The Morgan fingerprint density at radius 1 is 1.20 bits per heavy atom. The van der Waals surface area contributed by atoms with Crippen LogP contribution in [0.5, 0.6) is 5.75 Å². The zero-order valence-corrected chi connectivity index (χ0v) is 13.7. The van der Waals surface area contributed by atoms with E-state index in [4.69, 9.17) is 16.3 Å². The molecule has 1 aromatic heterocycles. The number of nitrogens with one attached hydrogen (secondary N) is 1. The first-order chi connectivity index (χ1) is 11.9. The number of fused-ring (bicyclic) bond motifs is 1. The van der Waals surface area contributed by atoms with Crippen molar-refractivity contribution in [2.45, 2.75) is 6.92 Å². The van der Waals surface area contributed by atoms with E-state index in [-0.39, 0.29) is 22.7 Å². The first-order valence-corrected chi connectivity index (χ1v) is 7.54. The highest BCUT2D eigenvalue weighted by Gasteiger charge is 2.27. The Morgan fingerprint density at radius 3 is 2.60 bits per heavy atom. The number of ketones is 1. The van der Waals surface area contributed by atoms with E-state index < -0.39 is 16.7 Å². The van der Waals surface area contributed by atoms with Crippen molar-refractivity contribution in [3.05, 3.63) is 68.9 Å². The summed E-state index contributed by atoms with van der Waals surface area (Å²) in [6, 6.07) is 10.3. The van der Waals surface area contributed by atoms with Gasteiger partial charge < -0.3 is 9.72 Å². The van der Waals surface area contributed by atoms with Crippen LogP contribution in [-0.2, 0) is 4.79 Å². The summed E-state index contributed by atoms with van der Waals surface area (Å²) < 4.78 is 5.18. The summed E-state index contributed by atoms with van der Waals surface area (Å²) in [6.07, 6.45) is 0. The number of ether oxygens (including phenoxy) is 1. The summed E-state index contributed by atoms with van der Waals surface area (Å²) in [6.45, 7) is 1.20. The number of para-hydroxylation sites is 1. The number of aromatic nitrogens is 1. The maximum Gasteiger partial charge on any atom is 0.308 e. The van der Waals surface area contributed by atoms with Crippen LogP contribution in [0.2, 0.25) is 5.02 Å². The molecule has 126 valence electrons. The quantitative estimate of drug-likeness (QED) is 0.330. The van der Waals surface area contributed by atoms with Crippen LogP contribution in [0.25, 0.3) is 10.9 Å². The van der Waals surface area contributed by atoms with Crippen LogP contribution in [0.4, 0.5) is 5.69 Å². The SMILES string of the molecule is CC(=O)Oc1c(C(=O)c2ccccc2[N+](=O)[O-])[nH]c2cc(Cl)ccc12. The molecule has 0 fully saturated rings. The Balaban J connectivity index is 2.22. The highest BCUT2D eigenvalue weighted by molar-refractivity contribution is 6.31. The van der Waals surface area contributed by atoms with Crippen LogP contribution in [0.3, 0.4) is 0 Å². The molecule has 1 heterocycles. The molecule has 0 aliphatic heterocycles. The van der Waals surface area contributed by atoms with Crippen LogP contribution in [0.1, 0.15) is 23.0 Å². The number of carbonyl (C=O) groups excluding carboxylic acids is 2. The number of carbonyl (C=O) groups is 2. The number of halogens is 1. The lowest BCUT2D eigenvalue weighted by Gasteiger charge is -2.04. The monoisotopic (exact) mass is 358 g/mol. The Hall–Kier alpha value is -3.19. The van der Waals surface area contributed by atoms with Crippen molar-refractivity contribution in [2.24, 2.45) is 0 Å². The van der Waals surface area contributed by atoms with Crippen molar-refractivity contribution in [3.63, 3.8) is 0 Å². The predicted octanol–water partition coefficient (Wildman–Crippen LogP) is 3.89. The second-order valence-corrected chi connectivity index (χ2v) is 5.65. The zero-order valence-electron chi connectivity index (χ0n) is 12.9. The maximum absolute atomic E-state index is 12.9. The highest BCUT2D eigenvalue weighted by atomic mass is 35.5. The maximum atomic E-state index is 12.9. The number of benzene rings is 2. The number of nitro benzene ring substituents is 1. The number of hydrogen-bond acceptors (Lipinski definition) is 5. The fourth-order valence-electron chi connectivity index (χ4n) is 2.51. The molecule has 1 N–H and O–H groups in total. The topological polar surface area (TPSA) is 102 Å². The van der Waals surface area contributed by atoms with Crippen LogP contribution >= 0.6 is 11.6 Å². The minimum absolute atomic E-state index is 0.0160. The molecule has 0 saturated carbocycles. The summed E-state index contributed by atoms with van der Waals surface area (Å²) >= 11 is 5.95. The number of esters is 1. The largest absolute Gasteiger partial charge is 0.424 e. The van der Waals surface area contributed by atoms with E-state index in [1.54, 1.807) is 18.2 Å². The summed E-state index contributed by atoms with van der Waals surface area (Å²) in [5.41, 5.74) is -0.0241. The number of H-pyrrole nitrogens is 1. The van der Waals surface area contributed by atoms with E-state index in [9.17, 15) is 19.7 Å². The molecular weight excluding hydrogens is 348 g/mol. The van der Waals surface area contributed by atoms with Crippen LogP contribution in [-0.4, -0.2) is 21.7 Å². The van der Waals surface area contributed by atoms with Gasteiger partial charge in [0, 0.05) is 23.4 Å². The lowest BCUT2D eigenvalue weighted by Crippen LogP contribution is -2.09. The number of aromatic amines is 1. The Kier molecular flexibility index (Phi) is 4.24.